The maximum absolute atomic E-state index is 4.35. The van der Waals surface area contributed by atoms with Gasteiger partial charge >= 0.3 is 0 Å². The molecule has 1 aromatic rings. The lowest BCUT2D eigenvalue weighted by Gasteiger charge is -2.06. The van der Waals surface area contributed by atoms with Crippen LogP contribution in [0.1, 0.15) is 17.9 Å². The molecule has 0 amide bonds. The number of aromatic nitrogens is 1. The highest BCUT2D eigenvalue weighted by molar-refractivity contribution is 5.76. The minimum absolute atomic E-state index is 0.728. The Bertz CT molecular complexity index is 330. The Labute approximate surface area is 65.0 Å². The number of rotatable bonds is 0. The molecule has 0 saturated heterocycles. The maximum Gasteiger partial charge on any atom is 0.0691 e. The van der Waals surface area contributed by atoms with E-state index in [-0.39, 0.29) is 0 Å². The molecule has 2 aliphatic rings. The Balaban J connectivity index is 2.24. The molecule has 2 heterocycles. The number of hydrogen-bond donors (Lipinski definition) is 0. The summed E-state index contributed by atoms with van der Waals surface area (Å²) in [5.41, 5.74) is 2.47. The minimum Gasteiger partial charge on any atom is -0.264 e. The summed E-state index contributed by atoms with van der Waals surface area (Å²) in [6.45, 7) is 0. The van der Waals surface area contributed by atoms with Crippen LogP contribution in [0.3, 0.4) is 0 Å². The van der Waals surface area contributed by atoms with Crippen molar-refractivity contribution in [3.8, 4) is 0 Å². The van der Waals surface area contributed by atoms with E-state index < -0.39 is 0 Å². The van der Waals surface area contributed by atoms with Crippen LogP contribution in [-0.4, -0.2) is 11.2 Å². The molecule has 2 unspecified atom stereocenters. The molecule has 0 N–H and O–H groups in total. The van der Waals surface area contributed by atoms with Crippen LogP contribution < -0.4 is 0 Å². The van der Waals surface area contributed by atoms with E-state index in [0.717, 1.165) is 17.5 Å². The van der Waals surface area contributed by atoms with Crippen LogP contribution in [0.4, 0.5) is 5.69 Å². The highest BCUT2D eigenvalue weighted by Gasteiger charge is 2.40. The van der Waals surface area contributed by atoms with E-state index in [1.54, 1.807) is 6.20 Å². The summed E-state index contributed by atoms with van der Waals surface area (Å²) in [5.74, 6) is 1.47. The summed E-state index contributed by atoms with van der Waals surface area (Å²) in [6, 6.07) is 1.99. The van der Waals surface area contributed by atoms with Crippen molar-refractivity contribution in [2.24, 2.45) is 10.9 Å². The van der Waals surface area contributed by atoms with Crippen molar-refractivity contribution in [2.75, 3.05) is 0 Å². The fourth-order valence-electron chi connectivity index (χ4n) is 1.72. The fourth-order valence-corrected chi connectivity index (χ4v) is 1.72. The lowest BCUT2D eigenvalue weighted by atomic mass is 10.1. The van der Waals surface area contributed by atoms with E-state index in [2.05, 4.69) is 16.2 Å². The largest absolute Gasteiger partial charge is 0.264 e. The molecule has 2 atom stereocenters. The molecular weight excluding hydrogens is 136 g/mol. The van der Waals surface area contributed by atoms with Crippen molar-refractivity contribution in [1.82, 2.24) is 4.98 Å². The Morgan fingerprint density at radius 3 is 3.45 bits per heavy atom. The summed E-state index contributed by atoms with van der Waals surface area (Å²) in [6.07, 6.45) is 7.12. The van der Waals surface area contributed by atoms with Gasteiger partial charge in [-0.1, -0.05) is 0 Å². The van der Waals surface area contributed by atoms with E-state index in [1.165, 1.54) is 12.0 Å². The summed E-state index contributed by atoms with van der Waals surface area (Å²) in [7, 11) is 0. The summed E-state index contributed by atoms with van der Waals surface area (Å²) >= 11 is 0. The predicted molar refractivity (Wildman–Crippen MR) is 43.2 cm³/mol. The second kappa shape index (κ2) is 1.70. The molecule has 1 aromatic heterocycles. The SMILES string of the molecule is C1=Nc2ccncc2C2CC12. The van der Waals surface area contributed by atoms with E-state index in [1.807, 2.05) is 12.3 Å². The van der Waals surface area contributed by atoms with E-state index >= 15 is 0 Å². The van der Waals surface area contributed by atoms with E-state index in [9.17, 15) is 0 Å². The number of hydrogen-bond acceptors (Lipinski definition) is 2. The molecule has 0 radical (unpaired) electrons. The normalized spacial score (nSPS) is 30.9. The highest BCUT2D eigenvalue weighted by Crippen LogP contribution is 2.51. The van der Waals surface area contributed by atoms with Gasteiger partial charge < -0.3 is 0 Å². The number of pyridine rings is 1. The first-order valence-electron chi connectivity index (χ1n) is 3.93. The Hall–Kier alpha value is -1.18. The van der Waals surface area contributed by atoms with Crippen molar-refractivity contribution in [1.29, 1.82) is 0 Å². The van der Waals surface area contributed by atoms with Gasteiger partial charge in [0.25, 0.3) is 0 Å². The molecule has 1 aliphatic heterocycles. The Kier molecular flexibility index (Phi) is 0.844. The second-order valence-electron chi connectivity index (χ2n) is 3.22. The van der Waals surface area contributed by atoms with Gasteiger partial charge in [0.2, 0.25) is 0 Å². The smallest absolute Gasteiger partial charge is 0.0691 e. The average Bonchev–Trinajstić information content (AvgIpc) is 2.83. The summed E-state index contributed by atoms with van der Waals surface area (Å²) in [5, 5.41) is 0. The highest BCUT2D eigenvalue weighted by atomic mass is 14.8. The molecule has 3 rings (SSSR count). The molecule has 0 spiro atoms. The van der Waals surface area contributed by atoms with Crippen molar-refractivity contribution < 1.29 is 0 Å². The van der Waals surface area contributed by atoms with Gasteiger partial charge in [0.1, 0.15) is 0 Å². The van der Waals surface area contributed by atoms with E-state index in [4.69, 9.17) is 0 Å². The van der Waals surface area contributed by atoms with Gasteiger partial charge in [0.15, 0.2) is 0 Å². The standard InChI is InChI=1S/C9H8N2/c1-2-10-5-8-7-3-6(7)4-11-9(1)8/h1-2,4-7H,3H2. The zero-order valence-electron chi connectivity index (χ0n) is 6.07. The zero-order valence-corrected chi connectivity index (χ0v) is 6.07. The first kappa shape index (κ1) is 5.47. The van der Waals surface area contributed by atoms with Crippen molar-refractivity contribution in [2.45, 2.75) is 12.3 Å². The monoisotopic (exact) mass is 144 g/mol. The van der Waals surface area contributed by atoms with Crippen molar-refractivity contribution >= 4 is 11.9 Å². The summed E-state index contributed by atoms with van der Waals surface area (Å²) in [4.78, 5) is 8.45. The quantitative estimate of drug-likeness (QED) is 0.546. The van der Waals surface area contributed by atoms with Gasteiger partial charge in [0.05, 0.1) is 5.69 Å². The van der Waals surface area contributed by atoms with Crippen LogP contribution in [-0.2, 0) is 0 Å². The first-order chi connectivity index (χ1) is 5.45. The number of nitrogens with zero attached hydrogens (tertiary/aromatic N) is 2. The first-order valence-corrected chi connectivity index (χ1v) is 3.93. The van der Waals surface area contributed by atoms with Crippen molar-refractivity contribution in [3.05, 3.63) is 24.0 Å². The minimum atomic E-state index is 0.728. The van der Waals surface area contributed by atoms with Crippen LogP contribution in [0.5, 0.6) is 0 Å². The van der Waals surface area contributed by atoms with Gasteiger partial charge in [-0.2, -0.15) is 0 Å². The molecule has 2 heteroatoms. The molecule has 2 nitrogen and oxygen atoms in total. The van der Waals surface area contributed by atoms with Gasteiger partial charge in [0, 0.05) is 24.5 Å². The fraction of sp³-hybridized carbons (Fsp3) is 0.333. The second-order valence-corrected chi connectivity index (χ2v) is 3.22. The molecule has 1 fully saturated rings. The van der Waals surface area contributed by atoms with Gasteiger partial charge in [-0.3, -0.25) is 9.98 Å². The molecular formula is C9H8N2. The van der Waals surface area contributed by atoms with Crippen LogP contribution >= 0.6 is 0 Å². The Morgan fingerprint density at radius 2 is 2.45 bits per heavy atom. The lowest BCUT2D eigenvalue weighted by molar-refractivity contribution is 1.02. The van der Waals surface area contributed by atoms with Gasteiger partial charge in [-0.15, -0.1) is 0 Å². The molecule has 1 aliphatic carbocycles. The van der Waals surface area contributed by atoms with Crippen molar-refractivity contribution in [3.63, 3.8) is 0 Å². The van der Waals surface area contributed by atoms with Crippen LogP contribution in [0, 0.1) is 5.92 Å². The molecule has 0 aromatic carbocycles. The van der Waals surface area contributed by atoms with Crippen LogP contribution in [0.15, 0.2) is 23.5 Å². The average molecular weight is 144 g/mol. The van der Waals surface area contributed by atoms with Crippen LogP contribution in [0.2, 0.25) is 0 Å². The summed E-state index contributed by atoms with van der Waals surface area (Å²) < 4.78 is 0. The predicted octanol–water partition coefficient (Wildman–Crippen LogP) is 1.90. The van der Waals surface area contributed by atoms with Gasteiger partial charge in [-0.25, -0.2) is 0 Å². The third-order valence-electron chi connectivity index (χ3n) is 2.47. The zero-order chi connectivity index (χ0) is 7.26. The number of fused-ring (bicyclic) bond motifs is 3. The van der Waals surface area contributed by atoms with Gasteiger partial charge in [-0.05, 0) is 24.0 Å². The number of aliphatic imine (C=N–C) groups is 1. The third-order valence-corrected chi connectivity index (χ3v) is 2.47. The van der Waals surface area contributed by atoms with Crippen LogP contribution in [0.25, 0.3) is 0 Å². The van der Waals surface area contributed by atoms with E-state index in [0.29, 0.717) is 0 Å². The maximum atomic E-state index is 4.35. The topological polar surface area (TPSA) is 25.2 Å². The Morgan fingerprint density at radius 1 is 1.45 bits per heavy atom. The third kappa shape index (κ3) is 0.666. The molecule has 0 bridgehead atoms. The molecule has 11 heavy (non-hydrogen) atoms. The molecule has 54 valence electrons. The molecule has 1 saturated carbocycles. The lowest BCUT2D eigenvalue weighted by Crippen LogP contribution is -1.92.